The highest BCUT2D eigenvalue weighted by atomic mass is 32.2. The van der Waals surface area contributed by atoms with Crippen LogP contribution in [0.1, 0.15) is 0 Å². The van der Waals surface area contributed by atoms with Crippen molar-refractivity contribution < 1.29 is 17.2 Å². The molecule has 0 spiro atoms. The summed E-state index contributed by atoms with van der Waals surface area (Å²) in [5.74, 6) is -1.72. The minimum atomic E-state index is -3.77. The molecule has 0 amide bonds. The number of nitrogens with one attached hydrogen (secondary N) is 1. The number of rotatable bonds is 3. The van der Waals surface area contributed by atoms with E-state index in [1.807, 2.05) is 4.72 Å². The molecule has 0 unspecified atom stereocenters. The van der Waals surface area contributed by atoms with Crippen LogP contribution in [0, 0.1) is 11.6 Å². The third-order valence-corrected chi connectivity index (χ3v) is 3.09. The van der Waals surface area contributed by atoms with Crippen molar-refractivity contribution in [2.45, 2.75) is 0 Å². The van der Waals surface area contributed by atoms with Gasteiger partial charge in [-0.05, 0) is 12.1 Å². The second kappa shape index (κ2) is 4.11. The van der Waals surface area contributed by atoms with Crippen molar-refractivity contribution in [1.82, 2.24) is 4.31 Å². The van der Waals surface area contributed by atoms with Gasteiger partial charge in [0.1, 0.15) is 11.6 Å². The first-order chi connectivity index (χ1) is 6.83. The van der Waals surface area contributed by atoms with E-state index < -0.39 is 21.8 Å². The molecule has 0 radical (unpaired) electrons. The quantitative estimate of drug-likeness (QED) is 0.856. The summed E-state index contributed by atoms with van der Waals surface area (Å²) in [4.78, 5) is 0. The van der Waals surface area contributed by atoms with Crippen LogP contribution in [0.2, 0.25) is 0 Å². The fraction of sp³-hybridized carbons (Fsp3) is 0.250. The van der Waals surface area contributed by atoms with Crippen molar-refractivity contribution in [3.8, 4) is 0 Å². The molecule has 0 saturated carbocycles. The van der Waals surface area contributed by atoms with Crippen LogP contribution in [0.3, 0.4) is 0 Å². The smallest absolute Gasteiger partial charge is 0.268 e. The maximum absolute atomic E-state index is 13.1. The van der Waals surface area contributed by atoms with E-state index in [-0.39, 0.29) is 5.69 Å². The van der Waals surface area contributed by atoms with Gasteiger partial charge in [0.25, 0.3) is 0 Å². The minimum absolute atomic E-state index is 0.287. The van der Waals surface area contributed by atoms with Gasteiger partial charge in [-0.25, -0.2) is 8.78 Å². The first kappa shape index (κ1) is 11.9. The molecule has 0 atom stereocenters. The van der Waals surface area contributed by atoms with Crippen LogP contribution >= 0.6 is 0 Å². The van der Waals surface area contributed by atoms with E-state index in [0.29, 0.717) is 6.07 Å². The topological polar surface area (TPSA) is 49.4 Å². The molecule has 1 N–H and O–H groups in total. The highest BCUT2D eigenvalue weighted by Crippen LogP contribution is 2.16. The lowest BCUT2D eigenvalue weighted by Crippen LogP contribution is -2.29. The molecule has 7 heteroatoms. The van der Waals surface area contributed by atoms with Crippen molar-refractivity contribution >= 4 is 15.9 Å². The second-order valence-electron chi connectivity index (χ2n) is 3.01. The number of halogens is 2. The molecule has 0 heterocycles. The van der Waals surface area contributed by atoms with E-state index in [9.17, 15) is 17.2 Å². The zero-order chi connectivity index (χ0) is 11.6. The Balaban J connectivity index is 3.01. The Morgan fingerprint density at radius 1 is 1.27 bits per heavy atom. The normalized spacial score (nSPS) is 11.8. The predicted molar refractivity (Wildman–Crippen MR) is 52.6 cm³/mol. The highest BCUT2D eigenvalue weighted by molar-refractivity contribution is 7.90. The monoisotopic (exact) mass is 236 g/mol. The average Bonchev–Trinajstić information content (AvgIpc) is 2.09. The molecule has 0 fully saturated rings. The fourth-order valence-corrected chi connectivity index (χ4v) is 1.43. The second-order valence-corrected chi connectivity index (χ2v) is 4.90. The summed E-state index contributed by atoms with van der Waals surface area (Å²) in [6.07, 6.45) is 0. The molecule has 0 aromatic heterocycles. The number of hydrogen-bond acceptors (Lipinski definition) is 2. The van der Waals surface area contributed by atoms with Gasteiger partial charge >= 0.3 is 10.2 Å². The number of benzene rings is 1. The Hall–Kier alpha value is -1.21. The first-order valence-electron chi connectivity index (χ1n) is 3.98. The van der Waals surface area contributed by atoms with E-state index in [4.69, 9.17) is 0 Å². The number of anilines is 1. The van der Waals surface area contributed by atoms with Crippen molar-refractivity contribution in [2.24, 2.45) is 0 Å². The molecule has 1 rings (SSSR count). The standard InChI is InChI=1S/C8H10F2N2O2S/c1-12(2)15(13,14)11-8-4-3-6(9)5-7(8)10/h3-5,11H,1-2H3. The van der Waals surface area contributed by atoms with E-state index in [1.54, 1.807) is 0 Å². The van der Waals surface area contributed by atoms with Crippen molar-refractivity contribution in [2.75, 3.05) is 18.8 Å². The van der Waals surface area contributed by atoms with Crippen LogP contribution < -0.4 is 4.72 Å². The van der Waals surface area contributed by atoms with Crippen LogP contribution in [-0.4, -0.2) is 26.8 Å². The van der Waals surface area contributed by atoms with Crippen LogP contribution in [0.4, 0.5) is 14.5 Å². The van der Waals surface area contributed by atoms with Gasteiger partial charge in [0.05, 0.1) is 5.69 Å². The Bertz CT molecular complexity index is 460. The SMILES string of the molecule is CN(C)S(=O)(=O)Nc1ccc(F)cc1F. The van der Waals surface area contributed by atoms with Gasteiger partial charge in [0, 0.05) is 20.2 Å². The van der Waals surface area contributed by atoms with Crippen molar-refractivity contribution in [3.63, 3.8) is 0 Å². The molecule has 84 valence electrons. The van der Waals surface area contributed by atoms with Gasteiger partial charge in [0.15, 0.2) is 0 Å². The highest BCUT2D eigenvalue weighted by Gasteiger charge is 2.15. The average molecular weight is 236 g/mol. The van der Waals surface area contributed by atoms with Gasteiger partial charge in [0.2, 0.25) is 0 Å². The molecule has 1 aromatic carbocycles. The Morgan fingerprint density at radius 2 is 1.87 bits per heavy atom. The van der Waals surface area contributed by atoms with Gasteiger partial charge in [-0.3, -0.25) is 4.72 Å². The summed E-state index contributed by atoms with van der Waals surface area (Å²) < 4.78 is 51.0. The Kier molecular flexibility index (Phi) is 3.25. The summed E-state index contributed by atoms with van der Waals surface area (Å²) in [6, 6.07) is 2.59. The fourth-order valence-electron chi connectivity index (χ4n) is 0.802. The maximum Gasteiger partial charge on any atom is 0.301 e. The predicted octanol–water partition coefficient (Wildman–Crippen LogP) is 1.18. The summed E-state index contributed by atoms with van der Waals surface area (Å²) in [5.41, 5.74) is -0.287. The zero-order valence-corrected chi connectivity index (χ0v) is 8.98. The van der Waals surface area contributed by atoms with Crippen LogP contribution in [0.15, 0.2) is 18.2 Å². The third kappa shape index (κ3) is 2.87. The number of nitrogens with zero attached hydrogens (tertiary/aromatic N) is 1. The summed E-state index contributed by atoms with van der Waals surface area (Å²) >= 11 is 0. The largest absolute Gasteiger partial charge is 0.301 e. The van der Waals surface area contributed by atoms with Gasteiger partial charge in [-0.1, -0.05) is 0 Å². The number of hydrogen-bond donors (Lipinski definition) is 1. The van der Waals surface area contributed by atoms with Crippen LogP contribution in [0.25, 0.3) is 0 Å². The summed E-state index contributed by atoms with van der Waals surface area (Å²) in [6.45, 7) is 0. The van der Waals surface area contributed by atoms with Crippen molar-refractivity contribution in [1.29, 1.82) is 0 Å². The minimum Gasteiger partial charge on any atom is -0.268 e. The molecular formula is C8H10F2N2O2S. The lowest BCUT2D eigenvalue weighted by molar-refractivity contribution is 0.525. The van der Waals surface area contributed by atoms with E-state index in [2.05, 4.69) is 0 Å². The molecule has 0 saturated heterocycles. The summed E-state index contributed by atoms with van der Waals surface area (Å²) in [7, 11) is -1.17. The molecule has 0 aliphatic carbocycles. The molecule has 15 heavy (non-hydrogen) atoms. The summed E-state index contributed by atoms with van der Waals surface area (Å²) in [5, 5.41) is 0. The molecule has 0 aliphatic heterocycles. The molecule has 0 aliphatic rings. The van der Waals surface area contributed by atoms with Crippen LogP contribution in [-0.2, 0) is 10.2 Å². The first-order valence-corrected chi connectivity index (χ1v) is 5.42. The maximum atomic E-state index is 13.1. The van der Waals surface area contributed by atoms with Gasteiger partial charge in [-0.15, -0.1) is 0 Å². The van der Waals surface area contributed by atoms with Crippen molar-refractivity contribution in [3.05, 3.63) is 29.8 Å². The van der Waals surface area contributed by atoms with E-state index in [1.165, 1.54) is 14.1 Å². The lowest BCUT2D eigenvalue weighted by atomic mass is 10.3. The van der Waals surface area contributed by atoms with E-state index >= 15 is 0 Å². The van der Waals surface area contributed by atoms with Gasteiger partial charge in [-0.2, -0.15) is 12.7 Å². The zero-order valence-electron chi connectivity index (χ0n) is 8.16. The van der Waals surface area contributed by atoms with E-state index in [0.717, 1.165) is 16.4 Å². The van der Waals surface area contributed by atoms with Gasteiger partial charge < -0.3 is 0 Å². The molecule has 1 aromatic rings. The molecule has 4 nitrogen and oxygen atoms in total. The molecule has 0 bridgehead atoms. The molecular weight excluding hydrogens is 226 g/mol. The Morgan fingerprint density at radius 3 is 2.33 bits per heavy atom. The lowest BCUT2D eigenvalue weighted by Gasteiger charge is -2.13. The third-order valence-electron chi connectivity index (χ3n) is 1.65. The Labute approximate surface area is 86.7 Å². The van der Waals surface area contributed by atoms with Crippen LogP contribution in [0.5, 0.6) is 0 Å².